The van der Waals surface area contributed by atoms with Gasteiger partial charge in [-0.05, 0) is 37.1 Å². The van der Waals surface area contributed by atoms with E-state index in [2.05, 4.69) is 9.71 Å². The van der Waals surface area contributed by atoms with Gasteiger partial charge < -0.3 is 9.64 Å². The number of aryl methyl sites for hydroxylation is 2. The van der Waals surface area contributed by atoms with Crippen LogP contribution in [0.5, 0.6) is 5.75 Å². The highest BCUT2D eigenvalue weighted by Crippen LogP contribution is 2.38. The van der Waals surface area contributed by atoms with Crippen LogP contribution < -0.4 is 14.4 Å². The highest BCUT2D eigenvalue weighted by atomic mass is 32.2. The van der Waals surface area contributed by atoms with Gasteiger partial charge in [-0.3, -0.25) is 9.52 Å². The molecule has 1 aliphatic heterocycles. The molecule has 2 heterocycles. The smallest absolute Gasteiger partial charge is 0.264 e. The number of fused-ring (bicyclic) bond motifs is 1. The maximum atomic E-state index is 12.5. The Morgan fingerprint density at radius 3 is 2.73 bits per heavy atom. The van der Waals surface area contributed by atoms with Crippen LogP contribution in [-0.2, 0) is 21.2 Å². The third kappa shape index (κ3) is 4.31. The molecule has 7 nitrogen and oxygen atoms in total. The van der Waals surface area contributed by atoms with E-state index in [1.165, 1.54) is 11.3 Å². The third-order valence-electron chi connectivity index (χ3n) is 4.86. The van der Waals surface area contributed by atoms with Crippen LogP contribution in [0.1, 0.15) is 10.4 Å². The van der Waals surface area contributed by atoms with Gasteiger partial charge in [0, 0.05) is 17.5 Å². The number of thiazole rings is 1. The molecule has 3 aromatic rings. The van der Waals surface area contributed by atoms with E-state index in [0.29, 0.717) is 28.7 Å². The lowest BCUT2D eigenvalue weighted by Crippen LogP contribution is -2.35. The number of likely N-dealkylation sites (N-methyl/N-ethyl adjacent to an activating group) is 1. The Kier molecular flexibility index (Phi) is 5.48. The lowest BCUT2D eigenvalue weighted by atomic mass is 10.1. The average Bonchev–Trinajstić information content (AvgIpc) is 3.09. The lowest BCUT2D eigenvalue weighted by Gasteiger charge is -2.26. The molecule has 0 radical (unpaired) electrons. The number of ether oxygens (including phenoxy) is 1. The Hall–Kier alpha value is -2.91. The van der Waals surface area contributed by atoms with Crippen LogP contribution in [0.15, 0.2) is 48.5 Å². The van der Waals surface area contributed by atoms with Gasteiger partial charge in [0.05, 0.1) is 17.1 Å². The molecule has 4 rings (SSSR count). The van der Waals surface area contributed by atoms with E-state index in [0.717, 1.165) is 16.0 Å². The molecule has 0 spiro atoms. The summed E-state index contributed by atoms with van der Waals surface area (Å²) in [5.41, 5.74) is 3.10. The molecule has 0 fully saturated rings. The summed E-state index contributed by atoms with van der Waals surface area (Å²) in [5.74, 6) is 0.491. The summed E-state index contributed by atoms with van der Waals surface area (Å²) in [6.07, 6.45) is 0.429. The molecular formula is C21H21N3O4S2. The highest BCUT2D eigenvalue weighted by Gasteiger charge is 2.24. The molecule has 1 amide bonds. The molecule has 0 atom stereocenters. The van der Waals surface area contributed by atoms with E-state index < -0.39 is 10.0 Å². The largest absolute Gasteiger partial charge is 0.482 e. The summed E-state index contributed by atoms with van der Waals surface area (Å²) in [6, 6.07) is 15.0. The second-order valence-corrected chi connectivity index (χ2v) is 10.0. The number of nitrogens with zero attached hydrogens (tertiary/aromatic N) is 2. The van der Waals surface area contributed by atoms with Gasteiger partial charge in [-0.2, -0.15) is 0 Å². The predicted molar refractivity (Wildman–Crippen MR) is 119 cm³/mol. The van der Waals surface area contributed by atoms with Gasteiger partial charge in [0.15, 0.2) is 11.7 Å². The summed E-state index contributed by atoms with van der Waals surface area (Å²) in [6.45, 7) is 1.91. The molecular weight excluding hydrogens is 422 g/mol. The summed E-state index contributed by atoms with van der Waals surface area (Å²) < 4.78 is 33.0. The van der Waals surface area contributed by atoms with Gasteiger partial charge in [0.1, 0.15) is 5.75 Å². The number of hydrogen-bond acceptors (Lipinski definition) is 6. The Bertz CT molecular complexity index is 1190. The minimum atomic E-state index is -3.52. The molecule has 1 aromatic heterocycles. The first-order valence-corrected chi connectivity index (χ1v) is 11.8. The zero-order chi connectivity index (χ0) is 21.3. The summed E-state index contributed by atoms with van der Waals surface area (Å²) in [5, 5.41) is 0.328. The van der Waals surface area contributed by atoms with Gasteiger partial charge in [-0.15, -0.1) is 11.3 Å². The highest BCUT2D eigenvalue weighted by molar-refractivity contribution is 7.92. The van der Waals surface area contributed by atoms with Gasteiger partial charge >= 0.3 is 0 Å². The minimum Gasteiger partial charge on any atom is -0.482 e. The molecule has 156 valence electrons. The molecule has 0 aliphatic carbocycles. The molecule has 1 aliphatic rings. The number of carbonyl (C=O) groups is 1. The Morgan fingerprint density at radius 1 is 1.20 bits per heavy atom. The normalized spacial score (nSPS) is 13.7. The second-order valence-electron chi connectivity index (χ2n) is 7.00. The molecule has 0 saturated carbocycles. The van der Waals surface area contributed by atoms with E-state index in [1.807, 2.05) is 49.4 Å². The Morgan fingerprint density at radius 2 is 1.97 bits per heavy atom. The Labute approximate surface area is 179 Å². The van der Waals surface area contributed by atoms with E-state index in [1.54, 1.807) is 18.0 Å². The van der Waals surface area contributed by atoms with E-state index >= 15 is 0 Å². The van der Waals surface area contributed by atoms with Gasteiger partial charge in [0.25, 0.3) is 5.91 Å². The number of carbonyl (C=O) groups excluding carboxylic acids is 1. The first-order chi connectivity index (χ1) is 14.3. The van der Waals surface area contributed by atoms with Crippen LogP contribution in [0, 0.1) is 6.92 Å². The second kappa shape index (κ2) is 8.08. The van der Waals surface area contributed by atoms with Crippen LogP contribution in [0.4, 0.5) is 10.8 Å². The van der Waals surface area contributed by atoms with E-state index in [4.69, 9.17) is 4.74 Å². The predicted octanol–water partition coefficient (Wildman–Crippen LogP) is 3.46. The van der Waals surface area contributed by atoms with Gasteiger partial charge in [-0.1, -0.05) is 30.3 Å². The average molecular weight is 444 g/mol. The van der Waals surface area contributed by atoms with Crippen LogP contribution in [0.25, 0.3) is 11.3 Å². The van der Waals surface area contributed by atoms with E-state index in [-0.39, 0.29) is 18.3 Å². The number of aromatic nitrogens is 1. The quantitative estimate of drug-likeness (QED) is 0.630. The maximum absolute atomic E-state index is 12.5. The van der Waals surface area contributed by atoms with Crippen molar-refractivity contribution in [1.82, 2.24) is 4.98 Å². The number of nitrogens with one attached hydrogen (secondary N) is 1. The number of rotatable bonds is 6. The monoisotopic (exact) mass is 443 g/mol. The van der Waals surface area contributed by atoms with Gasteiger partial charge in [-0.25, -0.2) is 13.4 Å². The number of amides is 1. The minimum absolute atomic E-state index is 0.0198. The first-order valence-electron chi connectivity index (χ1n) is 9.38. The molecule has 9 heteroatoms. The number of anilines is 2. The summed E-state index contributed by atoms with van der Waals surface area (Å²) >= 11 is 1.28. The molecule has 0 saturated heterocycles. The van der Waals surface area contributed by atoms with Crippen molar-refractivity contribution in [3.8, 4) is 17.0 Å². The molecule has 0 bridgehead atoms. The first kappa shape index (κ1) is 20.4. The fraction of sp³-hybridized carbons (Fsp3) is 0.238. The van der Waals surface area contributed by atoms with Crippen LogP contribution in [0.3, 0.4) is 0 Å². The van der Waals surface area contributed by atoms with Crippen molar-refractivity contribution in [2.45, 2.75) is 13.3 Å². The van der Waals surface area contributed by atoms with Crippen molar-refractivity contribution in [3.05, 3.63) is 59.0 Å². The summed E-state index contributed by atoms with van der Waals surface area (Å²) in [4.78, 5) is 18.8. The van der Waals surface area contributed by atoms with Crippen molar-refractivity contribution in [2.75, 3.05) is 29.0 Å². The topological polar surface area (TPSA) is 88.6 Å². The molecule has 0 unspecified atom stereocenters. The number of hydrogen-bond donors (Lipinski definition) is 1. The maximum Gasteiger partial charge on any atom is 0.264 e. The number of sulfonamides is 1. The van der Waals surface area contributed by atoms with Crippen molar-refractivity contribution >= 4 is 38.1 Å². The zero-order valence-electron chi connectivity index (χ0n) is 16.6. The Balaban J connectivity index is 1.53. The fourth-order valence-electron chi connectivity index (χ4n) is 3.21. The fourth-order valence-corrected chi connectivity index (χ4v) is 5.36. The number of benzene rings is 2. The third-order valence-corrected chi connectivity index (χ3v) is 7.12. The van der Waals surface area contributed by atoms with Gasteiger partial charge in [0.2, 0.25) is 10.0 Å². The van der Waals surface area contributed by atoms with Crippen molar-refractivity contribution in [2.24, 2.45) is 0 Å². The standard InChI is InChI=1S/C21H21N3O4S2/c1-14-20(16-8-9-18-17(12-16)24(2)19(25)13-28-18)22-21(29-14)23-30(26,27)11-10-15-6-4-3-5-7-15/h3-9,12H,10-11,13H2,1-2H3,(H,22,23). The van der Waals surface area contributed by atoms with Crippen molar-refractivity contribution in [1.29, 1.82) is 0 Å². The lowest BCUT2D eigenvalue weighted by molar-refractivity contribution is -0.120. The molecule has 30 heavy (non-hydrogen) atoms. The SMILES string of the molecule is Cc1sc(NS(=O)(=O)CCc2ccccc2)nc1-c1ccc2c(c1)N(C)C(=O)CO2. The van der Waals surface area contributed by atoms with E-state index in [9.17, 15) is 13.2 Å². The summed E-state index contributed by atoms with van der Waals surface area (Å²) in [7, 11) is -1.82. The molecule has 2 aromatic carbocycles. The van der Waals surface area contributed by atoms with Crippen LogP contribution in [-0.4, -0.2) is 38.7 Å². The van der Waals surface area contributed by atoms with Crippen molar-refractivity contribution < 1.29 is 17.9 Å². The van der Waals surface area contributed by atoms with Crippen LogP contribution >= 0.6 is 11.3 Å². The zero-order valence-corrected chi connectivity index (χ0v) is 18.2. The van der Waals surface area contributed by atoms with Crippen LogP contribution in [0.2, 0.25) is 0 Å². The molecule has 1 N–H and O–H groups in total. The van der Waals surface area contributed by atoms with Crippen molar-refractivity contribution in [3.63, 3.8) is 0 Å².